The van der Waals surface area contributed by atoms with Crippen molar-refractivity contribution in [2.45, 2.75) is 78.2 Å². The summed E-state index contributed by atoms with van der Waals surface area (Å²) in [6.07, 6.45) is 5.77. The van der Waals surface area contributed by atoms with Gasteiger partial charge in [-0.25, -0.2) is 14.4 Å². The molecule has 1 aromatic carbocycles. The summed E-state index contributed by atoms with van der Waals surface area (Å²) in [7, 11) is 2.13. The van der Waals surface area contributed by atoms with Crippen LogP contribution in [-0.2, 0) is 22.4 Å². The quantitative estimate of drug-likeness (QED) is 0.310. The molecule has 37 heavy (non-hydrogen) atoms. The molecule has 0 saturated carbocycles. The van der Waals surface area contributed by atoms with Gasteiger partial charge in [-0.1, -0.05) is 32.4 Å². The van der Waals surface area contributed by atoms with Gasteiger partial charge in [0.05, 0.1) is 19.1 Å². The summed E-state index contributed by atoms with van der Waals surface area (Å²) < 4.78 is 20.5. The first kappa shape index (κ1) is 28.8. The number of rotatable bonds is 12. The predicted molar refractivity (Wildman–Crippen MR) is 143 cm³/mol. The smallest absolute Gasteiger partial charge is 0.310 e. The Morgan fingerprint density at radius 2 is 2.03 bits per heavy atom. The van der Waals surface area contributed by atoms with Crippen molar-refractivity contribution in [3.63, 3.8) is 0 Å². The van der Waals surface area contributed by atoms with Gasteiger partial charge in [0.2, 0.25) is 5.95 Å². The lowest BCUT2D eigenvalue weighted by molar-refractivity contribution is -0.143. The summed E-state index contributed by atoms with van der Waals surface area (Å²) in [5.74, 6) is 0.191. The number of likely N-dealkylation sites (tertiary alicyclic amines) is 1. The summed E-state index contributed by atoms with van der Waals surface area (Å²) in [5, 5.41) is 12.1. The van der Waals surface area contributed by atoms with E-state index < -0.39 is 5.82 Å². The second kappa shape index (κ2) is 13.7. The third kappa shape index (κ3) is 8.10. The molecule has 0 radical (unpaired) electrons. The molecule has 1 aliphatic heterocycles. The Balaban J connectivity index is 1.64. The van der Waals surface area contributed by atoms with E-state index in [9.17, 15) is 10.0 Å². The number of hydroxylamine groups is 1. The monoisotopic (exact) mass is 515 g/mol. The molecule has 8 nitrogen and oxygen atoms in total. The molecule has 0 aliphatic carbocycles. The van der Waals surface area contributed by atoms with E-state index in [0.717, 1.165) is 56.7 Å². The van der Waals surface area contributed by atoms with Crippen molar-refractivity contribution in [1.29, 1.82) is 0 Å². The Labute approximate surface area is 220 Å². The zero-order chi connectivity index (χ0) is 26.9. The van der Waals surface area contributed by atoms with Crippen molar-refractivity contribution >= 4 is 17.7 Å². The van der Waals surface area contributed by atoms with Gasteiger partial charge in [-0.2, -0.15) is 4.98 Å². The van der Waals surface area contributed by atoms with E-state index in [0.29, 0.717) is 40.7 Å². The Hall–Kier alpha value is -2.78. The van der Waals surface area contributed by atoms with Crippen LogP contribution < -0.4 is 10.8 Å². The Morgan fingerprint density at radius 1 is 1.30 bits per heavy atom. The summed E-state index contributed by atoms with van der Waals surface area (Å²) >= 11 is 0. The minimum atomic E-state index is -0.427. The maximum Gasteiger partial charge on any atom is 0.310 e. The molecule has 3 rings (SSSR count). The van der Waals surface area contributed by atoms with Gasteiger partial charge in [0.15, 0.2) is 5.82 Å². The lowest BCUT2D eigenvalue weighted by Crippen LogP contribution is -2.33. The first-order valence-corrected chi connectivity index (χ1v) is 13.4. The Morgan fingerprint density at radius 3 is 2.68 bits per heavy atom. The minimum absolute atomic E-state index is 0.0273. The van der Waals surface area contributed by atoms with E-state index in [4.69, 9.17) is 10.5 Å². The SMILES string of the molecule is CCCC(CC)N(O)c1nc(N)nc(C)c1Cc1ccc(CC(=O)OCCC2CCN(C)CC2)cc1F. The first-order chi connectivity index (χ1) is 17.7. The number of carbonyl (C=O) groups excluding carboxylic acids is 1. The summed E-state index contributed by atoms with van der Waals surface area (Å²) in [4.78, 5) is 23.2. The number of benzene rings is 1. The van der Waals surface area contributed by atoms with Gasteiger partial charge in [-0.05, 0) is 82.3 Å². The van der Waals surface area contributed by atoms with E-state index in [1.807, 2.05) is 6.92 Å². The third-order valence-corrected chi connectivity index (χ3v) is 7.33. The number of aryl methyl sites for hydroxylation is 1. The highest BCUT2D eigenvalue weighted by atomic mass is 19.1. The van der Waals surface area contributed by atoms with Crippen LogP contribution in [0.3, 0.4) is 0 Å². The number of carbonyl (C=O) groups is 1. The number of esters is 1. The van der Waals surface area contributed by atoms with Crippen LogP contribution in [0.4, 0.5) is 16.2 Å². The van der Waals surface area contributed by atoms with Gasteiger partial charge in [-0.3, -0.25) is 10.0 Å². The molecule has 1 saturated heterocycles. The van der Waals surface area contributed by atoms with Crippen LogP contribution in [-0.4, -0.2) is 58.8 Å². The van der Waals surface area contributed by atoms with E-state index in [1.54, 1.807) is 19.1 Å². The number of nitrogens with two attached hydrogens (primary N) is 1. The number of aromatic nitrogens is 2. The second-order valence-electron chi connectivity index (χ2n) is 10.2. The molecule has 1 fully saturated rings. The molecule has 0 amide bonds. The molecule has 0 spiro atoms. The van der Waals surface area contributed by atoms with Crippen molar-refractivity contribution in [3.05, 3.63) is 46.4 Å². The van der Waals surface area contributed by atoms with Crippen LogP contribution in [0.5, 0.6) is 0 Å². The van der Waals surface area contributed by atoms with E-state index in [-0.39, 0.29) is 30.8 Å². The fraction of sp³-hybridized carbons (Fsp3) is 0.607. The van der Waals surface area contributed by atoms with Gasteiger partial charge in [0, 0.05) is 17.7 Å². The number of halogens is 1. The third-order valence-electron chi connectivity index (χ3n) is 7.33. The van der Waals surface area contributed by atoms with Crippen molar-refractivity contribution in [3.8, 4) is 0 Å². The molecule has 204 valence electrons. The molecule has 2 heterocycles. The largest absolute Gasteiger partial charge is 0.465 e. The Bertz CT molecular complexity index is 1040. The van der Waals surface area contributed by atoms with Gasteiger partial charge >= 0.3 is 5.97 Å². The van der Waals surface area contributed by atoms with Crippen molar-refractivity contribution in [2.24, 2.45) is 5.92 Å². The van der Waals surface area contributed by atoms with Crippen LogP contribution in [0.25, 0.3) is 0 Å². The predicted octanol–water partition coefficient (Wildman–Crippen LogP) is 4.69. The first-order valence-electron chi connectivity index (χ1n) is 13.4. The Kier molecular flexibility index (Phi) is 10.6. The number of ether oxygens (including phenoxy) is 1. The van der Waals surface area contributed by atoms with Gasteiger partial charge in [-0.15, -0.1) is 0 Å². The summed E-state index contributed by atoms with van der Waals surface area (Å²) in [5.41, 5.74) is 8.07. The molecular formula is C28H42FN5O3. The molecule has 3 N–H and O–H groups in total. The number of piperidine rings is 1. The van der Waals surface area contributed by atoms with Crippen LogP contribution in [0.15, 0.2) is 18.2 Å². The minimum Gasteiger partial charge on any atom is -0.465 e. The summed E-state index contributed by atoms with van der Waals surface area (Å²) in [6, 6.07) is 4.66. The standard InChI is InChI=1S/C28H42FN5O3/c1-5-7-23(6-2)34(36)27-24(19(3)31-28(30)32-27)18-22-9-8-21(16-25(22)29)17-26(35)37-15-12-20-10-13-33(4)14-11-20/h8-9,16,20,23,36H,5-7,10-15,17-18H2,1-4H3,(H2,30,31,32). The highest BCUT2D eigenvalue weighted by molar-refractivity contribution is 5.72. The van der Waals surface area contributed by atoms with Crippen LogP contribution in [0, 0.1) is 18.7 Å². The molecule has 0 bridgehead atoms. The maximum absolute atomic E-state index is 15.1. The average molecular weight is 516 g/mol. The van der Waals surface area contributed by atoms with Crippen molar-refractivity contribution in [1.82, 2.24) is 14.9 Å². The zero-order valence-electron chi connectivity index (χ0n) is 22.7. The van der Waals surface area contributed by atoms with Crippen LogP contribution in [0.1, 0.15) is 74.8 Å². The van der Waals surface area contributed by atoms with Crippen molar-refractivity contribution in [2.75, 3.05) is 37.5 Å². The van der Waals surface area contributed by atoms with Crippen LogP contribution in [0.2, 0.25) is 0 Å². The van der Waals surface area contributed by atoms with Crippen molar-refractivity contribution < 1.29 is 19.1 Å². The normalized spacial score (nSPS) is 15.5. The molecule has 1 unspecified atom stereocenters. The number of nitrogen functional groups attached to an aromatic ring is 1. The second-order valence-corrected chi connectivity index (χ2v) is 10.2. The lowest BCUT2D eigenvalue weighted by Gasteiger charge is -2.28. The summed E-state index contributed by atoms with van der Waals surface area (Å²) in [6.45, 7) is 8.41. The van der Waals surface area contributed by atoms with Gasteiger partial charge in [0.1, 0.15) is 5.82 Å². The molecular weight excluding hydrogens is 473 g/mol. The highest BCUT2D eigenvalue weighted by Crippen LogP contribution is 2.28. The molecule has 2 aromatic rings. The number of anilines is 2. The molecule has 9 heteroatoms. The van der Waals surface area contributed by atoms with E-state index in [1.165, 1.54) is 6.07 Å². The fourth-order valence-corrected chi connectivity index (χ4v) is 4.95. The number of hydrogen-bond donors (Lipinski definition) is 2. The van der Waals surface area contributed by atoms with Gasteiger partial charge in [0.25, 0.3) is 0 Å². The van der Waals surface area contributed by atoms with Crippen LogP contribution >= 0.6 is 0 Å². The lowest BCUT2D eigenvalue weighted by atomic mass is 9.94. The molecule has 1 aliphatic rings. The fourth-order valence-electron chi connectivity index (χ4n) is 4.95. The number of nitrogens with zero attached hydrogens (tertiary/aromatic N) is 4. The van der Waals surface area contributed by atoms with E-state index in [2.05, 4.69) is 28.8 Å². The molecule has 1 atom stereocenters. The number of hydrogen-bond acceptors (Lipinski definition) is 8. The van der Waals surface area contributed by atoms with Gasteiger partial charge < -0.3 is 15.4 Å². The average Bonchev–Trinajstić information content (AvgIpc) is 2.86. The highest BCUT2D eigenvalue weighted by Gasteiger charge is 2.23. The molecule has 1 aromatic heterocycles. The maximum atomic E-state index is 15.1. The van der Waals surface area contributed by atoms with E-state index >= 15 is 4.39 Å². The topological polar surface area (TPSA) is 105 Å². The zero-order valence-corrected chi connectivity index (χ0v) is 22.7.